The van der Waals surface area contributed by atoms with E-state index in [1.54, 1.807) is 12.1 Å². The third-order valence-electron chi connectivity index (χ3n) is 5.23. The molecule has 0 amide bonds. The van der Waals surface area contributed by atoms with Crippen LogP contribution >= 0.6 is 11.8 Å². The van der Waals surface area contributed by atoms with Gasteiger partial charge < -0.3 is 39.7 Å². The summed E-state index contributed by atoms with van der Waals surface area (Å²) in [4.78, 5) is 18.5. The number of benzene rings is 1. The van der Waals surface area contributed by atoms with Gasteiger partial charge in [-0.15, -0.1) is 0 Å². The molecule has 202 valence electrons. The van der Waals surface area contributed by atoms with Crippen LogP contribution in [0.15, 0.2) is 29.2 Å². The van der Waals surface area contributed by atoms with Gasteiger partial charge in [0, 0.05) is 42.5 Å². The second-order valence-electron chi connectivity index (χ2n) is 7.55. The number of anilines is 4. The van der Waals surface area contributed by atoms with Crippen molar-refractivity contribution in [2.45, 2.75) is 48.9 Å². The highest BCUT2D eigenvalue weighted by atomic mass is 32.2. The monoisotopic (exact) mass is 514 g/mol. The maximum Gasteiger partial charge on any atom is 0.446 e. The number of piperidine rings is 2. The Balaban J connectivity index is -0.000000454. The van der Waals surface area contributed by atoms with Crippen LogP contribution in [-0.4, -0.2) is 46.6 Å². The van der Waals surface area contributed by atoms with Crippen molar-refractivity contribution in [2.75, 3.05) is 41.3 Å². The third kappa shape index (κ3) is 8.76. The van der Waals surface area contributed by atoms with Gasteiger partial charge in [-0.05, 0) is 74.6 Å². The van der Waals surface area contributed by atoms with Crippen molar-refractivity contribution in [3.63, 3.8) is 0 Å². The molecular weight excluding hydrogens is 469 g/mol. The first kappa shape index (κ1) is 31.6. The first-order chi connectivity index (χ1) is 14.5. The smallest absolute Gasteiger partial charge is 0.344 e. The van der Waals surface area contributed by atoms with Crippen molar-refractivity contribution in [3.8, 4) is 0 Å². The minimum Gasteiger partial charge on any atom is -0.344 e. The minimum absolute atomic E-state index is 0. The minimum atomic E-state index is -4.30. The van der Waals surface area contributed by atoms with Gasteiger partial charge in [0.05, 0.1) is 0 Å². The van der Waals surface area contributed by atoms with Gasteiger partial charge in [0.15, 0.2) is 0 Å². The van der Waals surface area contributed by atoms with Gasteiger partial charge >= 0.3 is 5.51 Å². The number of thioether (sulfide) groups is 1. The largest absolute Gasteiger partial charge is 0.446 e. The highest BCUT2D eigenvalue weighted by molar-refractivity contribution is 8.00. The van der Waals surface area contributed by atoms with Crippen LogP contribution in [0.2, 0.25) is 0 Å². The van der Waals surface area contributed by atoms with Gasteiger partial charge in [-0.1, -0.05) is 0 Å². The number of hydrogen-bond donors (Lipinski definition) is 5. The zero-order chi connectivity index (χ0) is 21.0. The third-order valence-corrected chi connectivity index (χ3v) is 5.97. The second-order valence-corrected chi connectivity index (χ2v) is 8.69. The van der Waals surface area contributed by atoms with E-state index in [0.29, 0.717) is 23.5 Å². The van der Waals surface area contributed by atoms with Gasteiger partial charge in [0.2, 0.25) is 17.8 Å². The fraction of sp³-hybridized carbons (Fsp3) is 0.550. The zero-order valence-corrected chi connectivity index (χ0v) is 20.3. The van der Waals surface area contributed by atoms with Crippen LogP contribution < -0.4 is 39.7 Å². The van der Waals surface area contributed by atoms with E-state index in [4.69, 9.17) is 4.98 Å². The van der Waals surface area contributed by atoms with E-state index < -0.39 is 5.51 Å². The number of halogens is 3. The van der Waals surface area contributed by atoms with Crippen molar-refractivity contribution in [1.82, 2.24) is 39.6 Å². The summed E-state index contributed by atoms with van der Waals surface area (Å²) in [6.07, 6.45) is 6.90. The molecule has 0 aliphatic carbocycles. The summed E-state index contributed by atoms with van der Waals surface area (Å²) in [6, 6.07) is 6.11. The van der Waals surface area contributed by atoms with Crippen LogP contribution in [0.25, 0.3) is 0 Å². The van der Waals surface area contributed by atoms with E-state index in [0.717, 1.165) is 51.9 Å². The number of aromatic nitrogens is 3. The molecule has 0 atom stereocenters. The number of nitrogens with zero attached hydrogens (tertiary/aromatic N) is 5. The first-order valence-electron chi connectivity index (χ1n) is 10.4. The molecule has 34 heavy (non-hydrogen) atoms. The fourth-order valence-electron chi connectivity index (χ4n) is 3.75. The molecule has 0 radical (unpaired) electrons. The van der Waals surface area contributed by atoms with Crippen LogP contribution in [0.4, 0.5) is 36.7 Å². The molecule has 13 N–H and O–H groups in total. The van der Waals surface area contributed by atoms with Gasteiger partial charge in [0.25, 0.3) is 0 Å². The van der Waals surface area contributed by atoms with E-state index in [1.165, 1.54) is 25.0 Å². The van der Waals surface area contributed by atoms with Crippen LogP contribution in [0.1, 0.15) is 44.2 Å². The lowest BCUT2D eigenvalue weighted by Gasteiger charge is -2.30. The molecule has 1 aromatic carbocycles. The lowest BCUT2D eigenvalue weighted by Crippen LogP contribution is -2.34. The maximum absolute atomic E-state index is 12.5. The number of alkyl halides is 3. The van der Waals surface area contributed by atoms with Gasteiger partial charge in [0.1, 0.15) is 0 Å². The lowest BCUT2D eigenvalue weighted by atomic mass is 10.1. The molecule has 10 nitrogen and oxygen atoms in total. The van der Waals surface area contributed by atoms with Crippen molar-refractivity contribution in [2.24, 2.45) is 0 Å². The Bertz CT molecular complexity index is 824. The van der Waals surface area contributed by atoms with Crippen molar-refractivity contribution in [1.29, 1.82) is 0 Å². The summed E-state index contributed by atoms with van der Waals surface area (Å²) in [6.45, 7) is 3.69. The van der Waals surface area contributed by atoms with Crippen LogP contribution in [0.5, 0.6) is 0 Å². The summed E-state index contributed by atoms with van der Waals surface area (Å²) >= 11 is -0.124. The standard InChI is InChI=1S/C20H25F3N6S.4H3N.4H2/c21-20(22,23)30-16-9-7-15(8-10-16)24-17-25-18(28-11-3-1-4-12-28)27-19(26-17)29-13-5-2-6-14-29;;;;;;;;/h7-10H,1-6,11-14H2,(H,24,25,26,27);4*1H3;4*1H. The van der Waals surface area contributed by atoms with Crippen LogP contribution in [-0.2, 0) is 0 Å². The van der Waals surface area contributed by atoms with Gasteiger partial charge in [-0.3, -0.25) is 0 Å². The summed E-state index contributed by atoms with van der Waals surface area (Å²) in [5.74, 6) is 1.75. The summed E-state index contributed by atoms with van der Waals surface area (Å²) in [5.41, 5.74) is -3.66. The van der Waals surface area contributed by atoms with E-state index in [2.05, 4.69) is 25.1 Å². The molecular formula is C20H45F3N10S. The Labute approximate surface area is 208 Å². The van der Waals surface area contributed by atoms with Crippen molar-refractivity contribution < 1.29 is 18.9 Å². The molecule has 4 rings (SSSR count). The van der Waals surface area contributed by atoms with E-state index in [-0.39, 0.29) is 47.0 Å². The lowest BCUT2D eigenvalue weighted by molar-refractivity contribution is -0.0328. The SMILES string of the molecule is FC(F)(F)Sc1ccc(Nc2nc(N3CCCCC3)nc(N3CCCCC3)n2)cc1.N.N.N.N.[HH].[HH].[HH].[HH]. The summed E-state index contributed by atoms with van der Waals surface area (Å²) in [5, 5.41) is 3.15. The molecule has 2 aliphatic heterocycles. The van der Waals surface area contributed by atoms with Crippen molar-refractivity contribution >= 4 is 35.3 Å². The molecule has 0 spiro atoms. The quantitative estimate of drug-likeness (QED) is 0.262. The van der Waals surface area contributed by atoms with Gasteiger partial charge in [-0.2, -0.15) is 28.1 Å². The Kier molecular flexibility index (Phi) is 13.1. The Morgan fingerprint density at radius 1 is 0.706 bits per heavy atom. The Morgan fingerprint density at radius 2 is 1.15 bits per heavy atom. The Morgan fingerprint density at radius 3 is 1.56 bits per heavy atom. The summed E-state index contributed by atoms with van der Waals surface area (Å²) < 4.78 is 37.6. The molecule has 2 saturated heterocycles. The molecule has 2 aliphatic rings. The normalized spacial score (nSPS) is 15.7. The molecule has 3 heterocycles. The average molecular weight is 515 g/mol. The first-order valence-corrected chi connectivity index (χ1v) is 11.2. The molecule has 0 saturated carbocycles. The van der Waals surface area contributed by atoms with Crippen LogP contribution in [0, 0.1) is 0 Å². The average Bonchev–Trinajstić information content (AvgIpc) is 2.75. The molecule has 2 aromatic rings. The second kappa shape index (κ2) is 14.1. The highest BCUT2D eigenvalue weighted by Crippen LogP contribution is 2.37. The molecule has 0 bridgehead atoms. The molecule has 1 aromatic heterocycles. The highest BCUT2D eigenvalue weighted by Gasteiger charge is 2.29. The zero-order valence-electron chi connectivity index (χ0n) is 19.5. The molecule has 0 unspecified atom stereocenters. The van der Waals surface area contributed by atoms with E-state index >= 15 is 0 Å². The van der Waals surface area contributed by atoms with E-state index in [9.17, 15) is 13.2 Å². The number of rotatable bonds is 5. The number of nitrogens with one attached hydrogen (secondary N) is 1. The maximum atomic E-state index is 12.5. The van der Waals surface area contributed by atoms with Gasteiger partial charge in [-0.25, -0.2) is 0 Å². The topological polar surface area (TPSA) is 197 Å². The fourth-order valence-corrected chi connectivity index (χ4v) is 4.29. The van der Waals surface area contributed by atoms with E-state index in [1.807, 2.05) is 0 Å². The molecule has 14 heteroatoms. The molecule has 2 fully saturated rings. The Hall–Kier alpha value is -2.39. The predicted molar refractivity (Wildman–Crippen MR) is 142 cm³/mol. The predicted octanol–water partition coefficient (Wildman–Crippen LogP) is 6.84. The number of hydrogen-bond acceptors (Lipinski definition) is 11. The van der Waals surface area contributed by atoms with Crippen LogP contribution in [0.3, 0.4) is 0 Å². The summed E-state index contributed by atoms with van der Waals surface area (Å²) in [7, 11) is 0. The van der Waals surface area contributed by atoms with Crippen molar-refractivity contribution in [3.05, 3.63) is 24.3 Å².